The Balaban J connectivity index is 1.71. The van der Waals surface area contributed by atoms with Gasteiger partial charge in [0.25, 0.3) is 0 Å². The Bertz CT molecular complexity index is 1290. The molecule has 0 fully saturated rings. The van der Waals surface area contributed by atoms with Crippen LogP contribution >= 0.6 is 27.3 Å². The number of hydrogen-bond acceptors (Lipinski definition) is 5. The summed E-state index contributed by atoms with van der Waals surface area (Å²) in [5.41, 5.74) is 3.02. The van der Waals surface area contributed by atoms with Gasteiger partial charge in [-0.05, 0) is 56.5 Å². The number of aromatic hydroxyl groups is 1. The first-order chi connectivity index (χ1) is 14.1. The second-order valence-corrected chi connectivity index (χ2v) is 8.04. The Morgan fingerprint density at radius 3 is 2.72 bits per heavy atom. The summed E-state index contributed by atoms with van der Waals surface area (Å²) in [7, 11) is 1.48. The van der Waals surface area contributed by atoms with E-state index in [1.54, 1.807) is 18.2 Å². The number of nitrogens with zero attached hydrogens (tertiary/aromatic N) is 2. The van der Waals surface area contributed by atoms with E-state index in [0.717, 1.165) is 22.2 Å². The van der Waals surface area contributed by atoms with E-state index in [-0.39, 0.29) is 5.75 Å². The lowest BCUT2D eigenvalue weighted by Crippen LogP contribution is -1.87. The topological polar surface area (TPSA) is 66.1 Å². The van der Waals surface area contributed by atoms with E-state index in [1.165, 1.54) is 23.8 Å². The third-order valence-electron chi connectivity index (χ3n) is 4.48. The van der Waals surface area contributed by atoms with Crippen molar-refractivity contribution in [3.05, 3.63) is 75.0 Å². The van der Waals surface area contributed by atoms with Crippen molar-refractivity contribution in [2.45, 2.75) is 0 Å². The van der Waals surface area contributed by atoms with Crippen LogP contribution in [-0.2, 0) is 0 Å². The average molecular weight is 463 g/mol. The van der Waals surface area contributed by atoms with Crippen LogP contribution < -0.4 is 4.74 Å². The number of rotatable bonds is 4. The van der Waals surface area contributed by atoms with Crippen molar-refractivity contribution in [1.29, 1.82) is 5.26 Å². The number of ether oxygens (including phenoxy) is 1. The maximum Gasteiger partial charge on any atom is 0.172 e. The zero-order valence-corrected chi connectivity index (χ0v) is 17.8. The average Bonchev–Trinajstić information content (AvgIpc) is 3.24. The SMILES string of the molecule is COc1cc(/C=C(/C#N)c2nc(-c3ccc4ccccc4c3)cs2)cc(Br)c1O. The molecule has 0 spiro atoms. The monoisotopic (exact) mass is 462 g/mol. The Labute approximate surface area is 180 Å². The molecule has 1 heterocycles. The third-order valence-corrected chi connectivity index (χ3v) is 5.96. The summed E-state index contributed by atoms with van der Waals surface area (Å²) in [4.78, 5) is 4.67. The number of fused-ring (bicyclic) bond motifs is 1. The van der Waals surface area contributed by atoms with Crippen molar-refractivity contribution < 1.29 is 9.84 Å². The zero-order valence-electron chi connectivity index (χ0n) is 15.4. The summed E-state index contributed by atoms with van der Waals surface area (Å²) in [6.45, 7) is 0. The van der Waals surface area contributed by atoms with Crippen LogP contribution in [0.15, 0.2) is 64.5 Å². The van der Waals surface area contributed by atoms with E-state index < -0.39 is 0 Å². The van der Waals surface area contributed by atoms with Crippen molar-refractivity contribution in [1.82, 2.24) is 4.98 Å². The number of allylic oxidation sites excluding steroid dienone is 1. The normalized spacial score (nSPS) is 11.4. The van der Waals surface area contributed by atoms with Crippen LogP contribution in [0.2, 0.25) is 0 Å². The maximum atomic E-state index is 9.97. The van der Waals surface area contributed by atoms with Crippen LogP contribution in [0, 0.1) is 11.3 Å². The fraction of sp³-hybridized carbons (Fsp3) is 0.0435. The van der Waals surface area contributed by atoms with Crippen LogP contribution in [0.4, 0.5) is 0 Å². The minimum atomic E-state index is 0.0241. The van der Waals surface area contributed by atoms with Crippen LogP contribution in [0.25, 0.3) is 33.7 Å². The summed E-state index contributed by atoms with van der Waals surface area (Å²) in [6.07, 6.45) is 1.73. The van der Waals surface area contributed by atoms with E-state index in [9.17, 15) is 10.4 Å². The quantitative estimate of drug-likeness (QED) is 0.351. The number of nitriles is 1. The lowest BCUT2D eigenvalue weighted by Gasteiger charge is -2.06. The second-order valence-electron chi connectivity index (χ2n) is 6.32. The lowest BCUT2D eigenvalue weighted by atomic mass is 10.1. The Kier molecular flexibility index (Phi) is 5.34. The highest BCUT2D eigenvalue weighted by atomic mass is 79.9. The van der Waals surface area contributed by atoms with Crippen molar-refractivity contribution >= 4 is 49.7 Å². The molecular weight excluding hydrogens is 448 g/mol. The van der Waals surface area contributed by atoms with Crippen LogP contribution in [0.5, 0.6) is 11.5 Å². The van der Waals surface area contributed by atoms with Crippen molar-refractivity contribution in [3.8, 4) is 28.8 Å². The Morgan fingerprint density at radius 1 is 1.17 bits per heavy atom. The molecule has 4 aromatic rings. The molecule has 0 saturated heterocycles. The molecule has 0 aliphatic rings. The number of hydrogen-bond donors (Lipinski definition) is 1. The van der Waals surface area contributed by atoms with Crippen molar-refractivity contribution in [2.75, 3.05) is 7.11 Å². The van der Waals surface area contributed by atoms with Gasteiger partial charge in [-0.1, -0.05) is 36.4 Å². The highest BCUT2D eigenvalue weighted by Crippen LogP contribution is 2.36. The first-order valence-electron chi connectivity index (χ1n) is 8.72. The predicted octanol–water partition coefficient (Wildman–Crippen LogP) is 6.50. The van der Waals surface area contributed by atoms with E-state index in [0.29, 0.717) is 20.8 Å². The molecule has 6 heteroatoms. The van der Waals surface area contributed by atoms with Gasteiger partial charge in [-0.3, -0.25) is 0 Å². The molecule has 4 rings (SSSR count). The van der Waals surface area contributed by atoms with Gasteiger partial charge >= 0.3 is 0 Å². The number of thiazole rings is 1. The van der Waals surface area contributed by atoms with Gasteiger partial charge in [-0.15, -0.1) is 11.3 Å². The molecule has 0 aliphatic heterocycles. The van der Waals surface area contributed by atoms with E-state index in [2.05, 4.69) is 51.2 Å². The van der Waals surface area contributed by atoms with Crippen molar-refractivity contribution in [2.24, 2.45) is 0 Å². The first kappa shape index (κ1) is 19.2. The summed E-state index contributed by atoms with van der Waals surface area (Å²) in [6, 6.07) is 20.0. The van der Waals surface area contributed by atoms with Gasteiger partial charge in [0, 0.05) is 10.9 Å². The number of benzene rings is 3. The molecule has 1 aromatic heterocycles. The van der Waals surface area contributed by atoms with Gasteiger partial charge in [0.05, 0.1) is 22.8 Å². The summed E-state index contributed by atoms with van der Waals surface area (Å²) >= 11 is 4.73. The number of aromatic nitrogens is 1. The highest BCUT2D eigenvalue weighted by molar-refractivity contribution is 9.10. The minimum absolute atomic E-state index is 0.0241. The lowest BCUT2D eigenvalue weighted by molar-refractivity contribution is 0.372. The zero-order chi connectivity index (χ0) is 20.4. The number of halogens is 1. The molecule has 3 aromatic carbocycles. The van der Waals surface area contributed by atoms with E-state index in [1.807, 2.05) is 23.6 Å². The standard InChI is InChI=1S/C23H15BrN2O2S/c1-28-21-10-14(9-19(24)22(21)27)8-18(12-25)23-26-20(13-29-23)17-7-6-15-4-2-3-5-16(15)11-17/h2-11,13,27H,1H3/b18-8-. The summed E-state index contributed by atoms with van der Waals surface area (Å²) in [5.74, 6) is 0.356. The molecule has 0 radical (unpaired) electrons. The number of methoxy groups -OCH3 is 1. The molecular formula is C23H15BrN2O2S. The van der Waals surface area contributed by atoms with Gasteiger partial charge in [0.1, 0.15) is 11.1 Å². The number of phenolic OH excluding ortho intramolecular Hbond substituents is 1. The van der Waals surface area contributed by atoms with Crippen LogP contribution in [0.1, 0.15) is 10.6 Å². The Morgan fingerprint density at radius 2 is 1.97 bits per heavy atom. The minimum Gasteiger partial charge on any atom is -0.503 e. The molecule has 0 atom stereocenters. The molecule has 0 bridgehead atoms. The smallest absolute Gasteiger partial charge is 0.172 e. The van der Waals surface area contributed by atoms with E-state index >= 15 is 0 Å². The molecule has 0 unspecified atom stereocenters. The third kappa shape index (κ3) is 3.88. The molecule has 1 N–H and O–H groups in total. The van der Waals surface area contributed by atoms with Crippen LogP contribution in [-0.4, -0.2) is 17.2 Å². The first-order valence-corrected chi connectivity index (χ1v) is 10.4. The van der Waals surface area contributed by atoms with Crippen LogP contribution in [0.3, 0.4) is 0 Å². The number of phenols is 1. The maximum absolute atomic E-state index is 9.97. The van der Waals surface area contributed by atoms with Gasteiger partial charge in [0.15, 0.2) is 11.5 Å². The molecule has 142 valence electrons. The highest BCUT2D eigenvalue weighted by Gasteiger charge is 2.12. The van der Waals surface area contributed by atoms with Gasteiger partial charge < -0.3 is 9.84 Å². The summed E-state index contributed by atoms with van der Waals surface area (Å²) < 4.78 is 5.68. The fourth-order valence-electron chi connectivity index (χ4n) is 3.02. The van der Waals surface area contributed by atoms with E-state index in [4.69, 9.17) is 4.74 Å². The predicted molar refractivity (Wildman–Crippen MR) is 121 cm³/mol. The van der Waals surface area contributed by atoms with Gasteiger partial charge in [-0.2, -0.15) is 5.26 Å². The Hall–Kier alpha value is -3.14. The van der Waals surface area contributed by atoms with Gasteiger partial charge in [-0.25, -0.2) is 4.98 Å². The molecule has 0 amide bonds. The largest absolute Gasteiger partial charge is 0.503 e. The molecule has 4 nitrogen and oxygen atoms in total. The van der Waals surface area contributed by atoms with Crippen molar-refractivity contribution in [3.63, 3.8) is 0 Å². The molecule has 29 heavy (non-hydrogen) atoms. The molecule has 0 aliphatic carbocycles. The second kappa shape index (κ2) is 8.08. The van der Waals surface area contributed by atoms with Gasteiger partial charge in [0.2, 0.25) is 0 Å². The molecule has 0 saturated carbocycles. The summed E-state index contributed by atoms with van der Waals surface area (Å²) in [5, 5.41) is 24.6. The fourth-order valence-corrected chi connectivity index (χ4v) is 4.27.